The van der Waals surface area contributed by atoms with Crippen LogP contribution in [-0.4, -0.2) is 106 Å². The van der Waals surface area contributed by atoms with Gasteiger partial charge in [0.05, 0.1) is 37.8 Å². The smallest absolute Gasteiger partial charge is 0.481 e. The van der Waals surface area contributed by atoms with E-state index in [2.05, 4.69) is 18.9 Å². The van der Waals surface area contributed by atoms with Gasteiger partial charge in [0, 0.05) is 27.7 Å². The highest BCUT2D eigenvalue weighted by molar-refractivity contribution is 5.87. The first-order chi connectivity index (χ1) is 17.0. The van der Waals surface area contributed by atoms with E-state index in [1.807, 2.05) is 0 Å². The van der Waals surface area contributed by atoms with Crippen LogP contribution in [0.15, 0.2) is 0 Å². The van der Waals surface area contributed by atoms with Gasteiger partial charge in [-0.15, -0.1) is 0 Å². The summed E-state index contributed by atoms with van der Waals surface area (Å²) in [5, 5.41) is 44.3. The Hall–Kier alpha value is -4.00. The number of aliphatic carboxylic acids is 2. The summed E-state index contributed by atoms with van der Waals surface area (Å²) in [6.07, 6.45) is -4.51. The molecule has 0 spiro atoms. The molecular weight excluding hydrogens is 516 g/mol. The Balaban J connectivity index is -0.000000499. The lowest BCUT2D eigenvalue weighted by Crippen LogP contribution is -2.48. The summed E-state index contributed by atoms with van der Waals surface area (Å²) in [5.41, 5.74) is -1.59. The van der Waals surface area contributed by atoms with E-state index in [0.29, 0.717) is 0 Å². The highest BCUT2D eigenvalue weighted by atomic mass is 16.8. The topological polar surface area (TPSA) is 284 Å². The molecule has 0 heterocycles. The number of hydrogen-bond acceptors (Lipinski definition) is 16. The van der Waals surface area contributed by atoms with Gasteiger partial charge in [0.15, 0.2) is 0 Å². The Morgan fingerprint density at radius 3 is 1.08 bits per heavy atom. The van der Waals surface area contributed by atoms with E-state index in [0.717, 1.165) is 27.7 Å². The van der Waals surface area contributed by atoms with Crippen molar-refractivity contribution in [3.8, 4) is 0 Å². The van der Waals surface area contributed by atoms with Crippen molar-refractivity contribution < 1.29 is 87.6 Å². The maximum absolute atomic E-state index is 10.6. The van der Waals surface area contributed by atoms with Crippen LogP contribution in [0.4, 0.5) is 9.59 Å². The van der Waals surface area contributed by atoms with Crippen LogP contribution in [0.5, 0.6) is 0 Å². The van der Waals surface area contributed by atoms with Crippen LogP contribution in [0.2, 0.25) is 0 Å². The normalized spacial score (nSPS) is 10.6. The largest absolute Gasteiger partial charge is 0.524 e. The van der Waals surface area contributed by atoms with Crippen molar-refractivity contribution in [3.63, 3.8) is 0 Å². The quantitative estimate of drug-likeness (QED) is 0.161. The lowest BCUT2D eigenvalue weighted by molar-refractivity contribution is -0.163. The second kappa shape index (κ2) is 20.2. The van der Waals surface area contributed by atoms with E-state index < -0.39 is 92.5 Å². The standard InChI is InChI=1S/C9H16O8.2C5H6O5/c10-3-9(4-11,5-12)6(1-7(13)14)17-2-8(15)16;2*1-3(6)9-5(8)10-4(2)7/h6,10-12H,1-5H2,(H,13,14)(H,15,16);2*1-2H3. The number of carbonyl (C=O) groups excluding carboxylic acids is 6. The fraction of sp³-hybridized carbons (Fsp3) is 0.579. The first-order valence-electron chi connectivity index (χ1n) is 9.65. The predicted octanol–water partition coefficient (Wildman–Crippen LogP) is -1.64. The molecule has 0 aliphatic carbocycles. The predicted molar refractivity (Wildman–Crippen MR) is 111 cm³/mol. The molecule has 1 unspecified atom stereocenters. The molecule has 0 radical (unpaired) electrons. The van der Waals surface area contributed by atoms with E-state index in [1.54, 1.807) is 0 Å². The molecule has 0 bridgehead atoms. The monoisotopic (exact) mass is 544 g/mol. The first kappa shape index (κ1) is 37.5. The number of ether oxygens (including phenoxy) is 5. The second-order valence-corrected chi connectivity index (χ2v) is 6.50. The summed E-state index contributed by atoms with van der Waals surface area (Å²) in [5.74, 6) is -5.86. The van der Waals surface area contributed by atoms with Crippen LogP contribution in [0.25, 0.3) is 0 Å². The summed E-state index contributed by atoms with van der Waals surface area (Å²) < 4.78 is 20.2. The molecule has 0 aromatic rings. The minimum Gasteiger partial charge on any atom is -0.481 e. The number of esters is 4. The van der Waals surface area contributed by atoms with Crippen LogP contribution < -0.4 is 0 Å². The van der Waals surface area contributed by atoms with Gasteiger partial charge >= 0.3 is 48.1 Å². The molecule has 0 aliphatic rings. The molecule has 0 saturated heterocycles. The van der Waals surface area contributed by atoms with Gasteiger partial charge < -0.3 is 49.2 Å². The minimum absolute atomic E-state index is 0.630. The third-order valence-corrected chi connectivity index (χ3v) is 3.30. The van der Waals surface area contributed by atoms with Gasteiger partial charge in [0.2, 0.25) is 0 Å². The molecule has 0 aromatic carbocycles. The summed E-state index contributed by atoms with van der Waals surface area (Å²) in [4.78, 5) is 81.3. The molecule has 1 atom stereocenters. The lowest BCUT2D eigenvalue weighted by atomic mass is 9.82. The van der Waals surface area contributed by atoms with Gasteiger partial charge in [0.25, 0.3) is 0 Å². The Bertz CT molecular complexity index is 728. The summed E-state index contributed by atoms with van der Waals surface area (Å²) >= 11 is 0. The van der Waals surface area contributed by atoms with Crippen molar-refractivity contribution in [1.29, 1.82) is 0 Å². The lowest BCUT2D eigenvalue weighted by Gasteiger charge is -2.34. The van der Waals surface area contributed by atoms with E-state index >= 15 is 0 Å². The van der Waals surface area contributed by atoms with Gasteiger partial charge in [0.1, 0.15) is 6.61 Å². The summed E-state index contributed by atoms with van der Waals surface area (Å²) in [7, 11) is 0. The zero-order chi connectivity index (χ0) is 29.8. The molecule has 37 heavy (non-hydrogen) atoms. The van der Waals surface area contributed by atoms with E-state index in [9.17, 15) is 38.4 Å². The summed E-state index contributed by atoms with van der Waals surface area (Å²) in [6, 6.07) is 0. The molecule has 0 aliphatic heterocycles. The number of carbonyl (C=O) groups is 8. The molecule has 0 aromatic heterocycles. The second-order valence-electron chi connectivity index (χ2n) is 6.50. The zero-order valence-electron chi connectivity index (χ0n) is 20.2. The third-order valence-electron chi connectivity index (χ3n) is 3.30. The average molecular weight is 544 g/mol. The van der Waals surface area contributed by atoms with Crippen molar-refractivity contribution in [1.82, 2.24) is 0 Å². The number of aliphatic hydroxyl groups excluding tert-OH is 3. The van der Waals surface area contributed by atoms with Crippen molar-refractivity contribution in [2.75, 3.05) is 26.4 Å². The van der Waals surface area contributed by atoms with Crippen molar-refractivity contribution in [2.45, 2.75) is 40.2 Å². The van der Waals surface area contributed by atoms with Crippen molar-refractivity contribution in [3.05, 3.63) is 0 Å². The van der Waals surface area contributed by atoms with Crippen LogP contribution >= 0.6 is 0 Å². The van der Waals surface area contributed by atoms with E-state index in [-0.39, 0.29) is 0 Å². The van der Waals surface area contributed by atoms with Crippen LogP contribution in [0, 0.1) is 5.41 Å². The number of rotatable bonds is 9. The third kappa shape index (κ3) is 22.2. The molecule has 0 amide bonds. The van der Waals surface area contributed by atoms with E-state index in [1.165, 1.54) is 0 Å². The van der Waals surface area contributed by atoms with E-state index in [4.69, 9.17) is 30.3 Å². The molecule has 212 valence electrons. The van der Waals surface area contributed by atoms with Gasteiger partial charge in [-0.25, -0.2) is 14.4 Å². The summed E-state index contributed by atoms with van der Waals surface area (Å²) in [6.45, 7) is 1.16. The molecule has 18 nitrogen and oxygen atoms in total. The number of aliphatic hydroxyl groups is 3. The Kier molecular flexibility index (Phi) is 20.5. The first-order valence-corrected chi connectivity index (χ1v) is 9.65. The maximum Gasteiger partial charge on any atom is 0.524 e. The number of carboxylic acid groups (broad SMARTS) is 2. The van der Waals surface area contributed by atoms with Gasteiger partial charge in [-0.1, -0.05) is 0 Å². The Morgan fingerprint density at radius 1 is 0.595 bits per heavy atom. The Labute approximate surface area is 208 Å². The zero-order valence-corrected chi connectivity index (χ0v) is 20.2. The van der Waals surface area contributed by atoms with Crippen LogP contribution in [0.1, 0.15) is 34.1 Å². The van der Waals surface area contributed by atoms with Gasteiger partial charge in [-0.05, 0) is 0 Å². The highest BCUT2D eigenvalue weighted by Crippen LogP contribution is 2.26. The molecule has 0 fully saturated rings. The minimum atomic E-state index is -1.59. The Morgan fingerprint density at radius 2 is 0.892 bits per heavy atom. The molecular formula is C19H28O18. The number of carboxylic acids is 2. The van der Waals surface area contributed by atoms with Crippen molar-refractivity contribution >= 4 is 48.1 Å². The average Bonchev–Trinajstić information content (AvgIpc) is 2.71. The van der Waals surface area contributed by atoms with Crippen LogP contribution in [-0.2, 0) is 52.5 Å². The highest BCUT2D eigenvalue weighted by Gasteiger charge is 2.40. The fourth-order valence-corrected chi connectivity index (χ4v) is 1.75. The van der Waals surface area contributed by atoms with Crippen molar-refractivity contribution in [2.24, 2.45) is 5.41 Å². The molecule has 0 rings (SSSR count). The fourth-order valence-electron chi connectivity index (χ4n) is 1.75. The molecule has 5 N–H and O–H groups in total. The molecule has 18 heteroatoms. The van der Waals surface area contributed by atoms with Crippen LogP contribution in [0.3, 0.4) is 0 Å². The SMILES string of the molecule is CC(=O)OC(=O)OC(C)=O.CC(=O)OC(=O)OC(C)=O.O=C(O)COC(CC(=O)O)C(CO)(CO)CO. The number of hydrogen-bond donors (Lipinski definition) is 5. The molecule has 0 saturated carbocycles. The maximum atomic E-state index is 10.6. The van der Waals surface area contributed by atoms with Gasteiger partial charge in [-0.3, -0.25) is 24.0 Å². The van der Waals surface area contributed by atoms with Gasteiger partial charge in [-0.2, -0.15) is 0 Å².